The quantitative estimate of drug-likeness (QED) is 0.745. The van der Waals surface area contributed by atoms with Crippen LogP contribution in [0.5, 0.6) is 0 Å². The van der Waals surface area contributed by atoms with Gasteiger partial charge in [-0.1, -0.05) is 39.0 Å². The second kappa shape index (κ2) is 7.28. The molecule has 2 rings (SSSR count). The second-order valence-electron chi connectivity index (χ2n) is 6.61. The largest absolute Gasteiger partial charge is 0.396 e. The first-order chi connectivity index (χ1) is 9.20. The number of rotatable bonds is 7. The van der Waals surface area contributed by atoms with Crippen LogP contribution >= 0.6 is 0 Å². The van der Waals surface area contributed by atoms with Crippen molar-refractivity contribution in [2.45, 2.75) is 70.8 Å². The van der Waals surface area contributed by atoms with Gasteiger partial charge in [0.2, 0.25) is 5.91 Å². The third-order valence-corrected chi connectivity index (χ3v) is 4.82. The van der Waals surface area contributed by atoms with E-state index in [0.717, 1.165) is 12.3 Å². The van der Waals surface area contributed by atoms with Gasteiger partial charge in [0, 0.05) is 18.6 Å². The zero-order chi connectivity index (χ0) is 13.7. The SMILES string of the molecule is CC(CC1CCCCC1)C(=O)NC(CCO)C1CC1. The van der Waals surface area contributed by atoms with Crippen LogP contribution in [0.2, 0.25) is 0 Å². The van der Waals surface area contributed by atoms with Crippen LogP contribution in [-0.2, 0) is 4.79 Å². The lowest BCUT2D eigenvalue weighted by Crippen LogP contribution is -2.40. The molecule has 2 saturated carbocycles. The van der Waals surface area contributed by atoms with E-state index < -0.39 is 0 Å². The molecule has 0 heterocycles. The van der Waals surface area contributed by atoms with Crippen molar-refractivity contribution >= 4 is 5.91 Å². The van der Waals surface area contributed by atoms with Crippen molar-refractivity contribution in [3.8, 4) is 0 Å². The van der Waals surface area contributed by atoms with Crippen molar-refractivity contribution in [1.82, 2.24) is 5.32 Å². The van der Waals surface area contributed by atoms with Gasteiger partial charge in [-0.2, -0.15) is 0 Å². The Bertz CT molecular complexity index is 282. The van der Waals surface area contributed by atoms with Gasteiger partial charge in [0.1, 0.15) is 0 Å². The van der Waals surface area contributed by atoms with Gasteiger partial charge in [0.05, 0.1) is 0 Å². The van der Waals surface area contributed by atoms with E-state index in [4.69, 9.17) is 5.11 Å². The molecule has 2 N–H and O–H groups in total. The summed E-state index contributed by atoms with van der Waals surface area (Å²) in [4.78, 5) is 12.2. The summed E-state index contributed by atoms with van der Waals surface area (Å²) in [6.07, 6.45) is 10.8. The number of hydrogen-bond acceptors (Lipinski definition) is 2. The molecule has 0 aromatic rings. The van der Waals surface area contributed by atoms with E-state index in [0.29, 0.717) is 12.3 Å². The Kier molecular flexibility index (Phi) is 5.68. The molecular weight excluding hydrogens is 238 g/mol. The molecule has 0 spiro atoms. The minimum absolute atomic E-state index is 0.128. The van der Waals surface area contributed by atoms with Gasteiger partial charge >= 0.3 is 0 Å². The fourth-order valence-electron chi connectivity index (χ4n) is 3.42. The highest BCUT2D eigenvalue weighted by Gasteiger charge is 2.32. The lowest BCUT2D eigenvalue weighted by atomic mass is 9.83. The van der Waals surface area contributed by atoms with Crippen LogP contribution in [0.1, 0.15) is 64.7 Å². The highest BCUT2D eigenvalue weighted by molar-refractivity contribution is 5.78. The molecule has 0 bridgehead atoms. The van der Waals surface area contributed by atoms with Crippen molar-refractivity contribution in [3.63, 3.8) is 0 Å². The van der Waals surface area contributed by atoms with Gasteiger partial charge in [-0.05, 0) is 37.5 Å². The van der Waals surface area contributed by atoms with Gasteiger partial charge in [0.25, 0.3) is 0 Å². The van der Waals surface area contributed by atoms with Gasteiger partial charge < -0.3 is 10.4 Å². The van der Waals surface area contributed by atoms with E-state index in [1.807, 2.05) is 0 Å². The van der Waals surface area contributed by atoms with E-state index in [9.17, 15) is 4.79 Å². The average Bonchev–Trinajstić information content (AvgIpc) is 3.23. The molecule has 0 aromatic heterocycles. The monoisotopic (exact) mass is 267 g/mol. The number of nitrogens with one attached hydrogen (secondary N) is 1. The van der Waals surface area contributed by atoms with Crippen LogP contribution < -0.4 is 5.32 Å². The zero-order valence-electron chi connectivity index (χ0n) is 12.2. The molecule has 0 aliphatic heterocycles. The molecule has 2 fully saturated rings. The Hall–Kier alpha value is -0.570. The van der Waals surface area contributed by atoms with E-state index >= 15 is 0 Å². The fourth-order valence-corrected chi connectivity index (χ4v) is 3.42. The third kappa shape index (κ3) is 4.79. The molecule has 2 aliphatic carbocycles. The maximum atomic E-state index is 12.2. The van der Waals surface area contributed by atoms with Gasteiger partial charge in [-0.15, -0.1) is 0 Å². The highest BCUT2D eigenvalue weighted by Crippen LogP contribution is 2.34. The lowest BCUT2D eigenvalue weighted by Gasteiger charge is -2.25. The van der Waals surface area contributed by atoms with Crippen molar-refractivity contribution in [3.05, 3.63) is 0 Å². The number of aliphatic hydroxyl groups excluding tert-OH is 1. The first kappa shape index (κ1) is 14.8. The normalized spacial score (nSPS) is 23.9. The van der Waals surface area contributed by atoms with Crippen LogP contribution in [0.25, 0.3) is 0 Å². The predicted molar refractivity (Wildman–Crippen MR) is 76.7 cm³/mol. The molecular formula is C16H29NO2. The molecule has 0 saturated heterocycles. The van der Waals surface area contributed by atoms with E-state index in [2.05, 4.69) is 12.2 Å². The summed E-state index contributed by atoms with van der Waals surface area (Å²) in [5.41, 5.74) is 0. The standard InChI is InChI=1S/C16H29NO2/c1-12(11-13-5-3-2-4-6-13)16(19)17-15(9-10-18)14-7-8-14/h12-15,18H,2-11H2,1H3,(H,17,19). The second-order valence-corrected chi connectivity index (χ2v) is 6.61. The molecule has 3 nitrogen and oxygen atoms in total. The Morgan fingerprint density at radius 3 is 2.47 bits per heavy atom. The van der Waals surface area contributed by atoms with Gasteiger partial charge in [-0.3, -0.25) is 4.79 Å². The summed E-state index contributed by atoms with van der Waals surface area (Å²) >= 11 is 0. The summed E-state index contributed by atoms with van der Waals surface area (Å²) in [7, 11) is 0. The van der Waals surface area contributed by atoms with Crippen LogP contribution in [0.3, 0.4) is 0 Å². The molecule has 2 unspecified atom stereocenters. The zero-order valence-corrected chi connectivity index (χ0v) is 12.2. The van der Waals surface area contributed by atoms with E-state index in [-0.39, 0.29) is 24.5 Å². The first-order valence-electron chi connectivity index (χ1n) is 8.12. The summed E-state index contributed by atoms with van der Waals surface area (Å²) in [5.74, 6) is 1.71. The Morgan fingerprint density at radius 1 is 1.21 bits per heavy atom. The smallest absolute Gasteiger partial charge is 0.223 e. The Balaban J connectivity index is 1.73. The fraction of sp³-hybridized carbons (Fsp3) is 0.938. The van der Waals surface area contributed by atoms with Crippen molar-refractivity contribution in [1.29, 1.82) is 0 Å². The van der Waals surface area contributed by atoms with Gasteiger partial charge in [-0.25, -0.2) is 0 Å². The summed E-state index contributed by atoms with van der Waals surface area (Å²) in [6, 6.07) is 0.214. The number of carbonyl (C=O) groups excluding carboxylic acids is 1. The summed E-state index contributed by atoms with van der Waals surface area (Å²) in [5, 5.41) is 12.2. The maximum Gasteiger partial charge on any atom is 0.223 e. The summed E-state index contributed by atoms with van der Waals surface area (Å²) in [6.45, 7) is 2.24. The van der Waals surface area contributed by atoms with Crippen LogP contribution in [0.15, 0.2) is 0 Å². The summed E-state index contributed by atoms with van der Waals surface area (Å²) < 4.78 is 0. The number of hydrogen-bond donors (Lipinski definition) is 2. The molecule has 3 heteroatoms. The predicted octanol–water partition coefficient (Wildman–Crippen LogP) is 2.87. The van der Waals surface area contributed by atoms with Gasteiger partial charge in [0.15, 0.2) is 0 Å². The molecule has 0 aromatic carbocycles. The number of aliphatic hydroxyl groups is 1. The Labute approximate surface area is 117 Å². The molecule has 19 heavy (non-hydrogen) atoms. The number of carbonyl (C=O) groups is 1. The molecule has 1 amide bonds. The van der Waals surface area contributed by atoms with Crippen LogP contribution in [0.4, 0.5) is 0 Å². The average molecular weight is 267 g/mol. The van der Waals surface area contributed by atoms with E-state index in [1.165, 1.54) is 44.9 Å². The Morgan fingerprint density at radius 2 is 1.89 bits per heavy atom. The maximum absolute atomic E-state index is 12.2. The molecule has 110 valence electrons. The van der Waals surface area contributed by atoms with Crippen molar-refractivity contribution in [2.75, 3.05) is 6.61 Å². The van der Waals surface area contributed by atoms with Crippen LogP contribution in [-0.4, -0.2) is 23.7 Å². The third-order valence-electron chi connectivity index (χ3n) is 4.82. The first-order valence-corrected chi connectivity index (χ1v) is 8.12. The minimum atomic E-state index is 0.128. The molecule has 0 radical (unpaired) electrons. The van der Waals surface area contributed by atoms with Crippen molar-refractivity contribution in [2.24, 2.45) is 17.8 Å². The molecule has 2 aliphatic rings. The highest BCUT2D eigenvalue weighted by atomic mass is 16.3. The van der Waals surface area contributed by atoms with Crippen LogP contribution in [0, 0.1) is 17.8 Å². The van der Waals surface area contributed by atoms with E-state index in [1.54, 1.807) is 0 Å². The molecule has 2 atom stereocenters. The minimum Gasteiger partial charge on any atom is -0.396 e. The topological polar surface area (TPSA) is 49.3 Å². The van der Waals surface area contributed by atoms with Crippen molar-refractivity contribution < 1.29 is 9.90 Å². The number of amides is 1. The lowest BCUT2D eigenvalue weighted by molar-refractivity contribution is -0.126.